The van der Waals surface area contributed by atoms with E-state index in [2.05, 4.69) is 10.6 Å². The minimum Gasteiger partial charge on any atom is -0.497 e. The topological polar surface area (TPSA) is 123 Å². The quantitative estimate of drug-likeness (QED) is 0.498. The van der Waals surface area contributed by atoms with Gasteiger partial charge < -0.3 is 30.0 Å². The summed E-state index contributed by atoms with van der Waals surface area (Å²) < 4.78 is 16.3. The Bertz CT molecular complexity index is 926. The Balaban J connectivity index is 2.30. The number of rotatable bonds is 11. The van der Waals surface area contributed by atoms with Crippen LogP contribution in [0.2, 0.25) is 0 Å². The molecule has 31 heavy (non-hydrogen) atoms. The summed E-state index contributed by atoms with van der Waals surface area (Å²) in [6, 6.07) is 9.73. The predicted molar refractivity (Wildman–Crippen MR) is 115 cm³/mol. The van der Waals surface area contributed by atoms with E-state index in [1.807, 2.05) is 0 Å². The molecule has 2 amide bonds. The second kappa shape index (κ2) is 11.4. The van der Waals surface area contributed by atoms with Crippen molar-refractivity contribution in [1.82, 2.24) is 0 Å². The average molecular weight is 430 g/mol. The van der Waals surface area contributed by atoms with E-state index in [0.717, 1.165) is 0 Å². The number of nitrogens with one attached hydrogen (secondary N) is 2. The Kier molecular flexibility index (Phi) is 8.68. The number of anilines is 2. The summed E-state index contributed by atoms with van der Waals surface area (Å²) in [5, 5.41) is 14.2. The summed E-state index contributed by atoms with van der Waals surface area (Å²) in [5.41, 5.74) is 1.12. The van der Waals surface area contributed by atoms with E-state index in [1.54, 1.807) is 51.3 Å². The molecule has 0 aliphatic carbocycles. The van der Waals surface area contributed by atoms with Gasteiger partial charge in [-0.3, -0.25) is 14.4 Å². The van der Waals surface area contributed by atoms with E-state index >= 15 is 0 Å². The molecule has 2 aromatic carbocycles. The Hall–Kier alpha value is -3.75. The number of carboxylic acids is 1. The first-order valence-electron chi connectivity index (χ1n) is 9.78. The van der Waals surface area contributed by atoms with Crippen molar-refractivity contribution in [3.63, 3.8) is 0 Å². The lowest BCUT2D eigenvalue weighted by atomic mass is 10.1. The molecule has 0 aliphatic rings. The van der Waals surface area contributed by atoms with Gasteiger partial charge in [0, 0.05) is 24.1 Å². The van der Waals surface area contributed by atoms with Gasteiger partial charge in [-0.2, -0.15) is 0 Å². The largest absolute Gasteiger partial charge is 0.497 e. The van der Waals surface area contributed by atoms with Gasteiger partial charge in [0.15, 0.2) is 0 Å². The number of benzene rings is 2. The van der Waals surface area contributed by atoms with Gasteiger partial charge in [-0.05, 0) is 38.1 Å². The van der Waals surface area contributed by atoms with Crippen molar-refractivity contribution in [2.24, 2.45) is 0 Å². The molecular weight excluding hydrogens is 404 g/mol. The number of ether oxygens (including phenoxy) is 3. The van der Waals surface area contributed by atoms with Crippen LogP contribution in [-0.2, 0) is 9.59 Å². The molecule has 0 spiro atoms. The van der Waals surface area contributed by atoms with Crippen LogP contribution in [0.5, 0.6) is 17.2 Å². The fourth-order valence-electron chi connectivity index (χ4n) is 2.68. The SMILES string of the molecule is CCOc1cc(NC(=O)c2ccc(OC)cc2)c(OCC)cc1NC(=O)CCC(=O)O. The molecule has 166 valence electrons. The zero-order valence-corrected chi connectivity index (χ0v) is 17.7. The third-order valence-electron chi connectivity index (χ3n) is 4.12. The molecule has 0 fully saturated rings. The molecule has 9 nitrogen and oxygen atoms in total. The number of amides is 2. The molecule has 0 saturated carbocycles. The Labute approximate surface area is 180 Å². The standard InChI is InChI=1S/C22H26N2O7/c1-4-30-18-13-17(24-22(28)14-6-8-15(29-3)9-7-14)19(31-5-2)12-16(18)23-20(25)10-11-21(26)27/h6-9,12-13H,4-5,10-11H2,1-3H3,(H,23,25)(H,24,28)(H,26,27). The number of hydrogen-bond donors (Lipinski definition) is 3. The molecule has 0 heterocycles. The van der Waals surface area contributed by atoms with Crippen LogP contribution >= 0.6 is 0 Å². The molecule has 0 unspecified atom stereocenters. The van der Waals surface area contributed by atoms with Gasteiger partial charge >= 0.3 is 5.97 Å². The molecule has 0 atom stereocenters. The van der Waals surface area contributed by atoms with Crippen LogP contribution in [0.15, 0.2) is 36.4 Å². The third-order valence-corrected chi connectivity index (χ3v) is 4.12. The lowest BCUT2D eigenvalue weighted by molar-refractivity contribution is -0.138. The van der Waals surface area contributed by atoms with Crippen molar-refractivity contribution in [2.75, 3.05) is 31.0 Å². The first kappa shape index (κ1) is 23.5. The number of hydrogen-bond acceptors (Lipinski definition) is 6. The molecule has 0 radical (unpaired) electrons. The number of aliphatic carboxylic acids is 1. The highest BCUT2D eigenvalue weighted by molar-refractivity contribution is 6.05. The van der Waals surface area contributed by atoms with Crippen molar-refractivity contribution in [3.05, 3.63) is 42.0 Å². The second-order valence-electron chi connectivity index (χ2n) is 6.34. The molecule has 0 aliphatic heterocycles. The smallest absolute Gasteiger partial charge is 0.303 e. The van der Waals surface area contributed by atoms with Gasteiger partial charge in [0.1, 0.15) is 17.2 Å². The highest BCUT2D eigenvalue weighted by Gasteiger charge is 2.17. The lowest BCUT2D eigenvalue weighted by Crippen LogP contribution is -2.16. The number of carbonyl (C=O) groups is 3. The number of carboxylic acid groups (broad SMARTS) is 1. The van der Waals surface area contributed by atoms with E-state index in [0.29, 0.717) is 47.4 Å². The summed E-state index contributed by atoms with van der Waals surface area (Å²) in [6.07, 6.45) is -0.467. The van der Waals surface area contributed by atoms with Crippen molar-refractivity contribution in [1.29, 1.82) is 0 Å². The minimum atomic E-state index is -1.06. The molecule has 2 rings (SSSR count). The Morgan fingerprint density at radius 3 is 1.90 bits per heavy atom. The zero-order valence-electron chi connectivity index (χ0n) is 17.7. The van der Waals surface area contributed by atoms with Gasteiger partial charge in [-0.15, -0.1) is 0 Å². The Morgan fingerprint density at radius 2 is 1.42 bits per heavy atom. The second-order valence-corrected chi connectivity index (χ2v) is 6.34. The van der Waals surface area contributed by atoms with E-state index in [9.17, 15) is 14.4 Å². The van der Waals surface area contributed by atoms with Crippen LogP contribution in [-0.4, -0.2) is 43.2 Å². The lowest BCUT2D eigenvalue weighted by Gasteiger charge is -2.18. The minimum absolute atomic E-state index is 0.180. The first-order chi connectivity index (χ1) is 14.9. The maximum atomic E-state index is 12.7. The highest BCUT2D eigenvalue weighted by atomic mass is 16.5. The van der Waals surface area contributed by atoms with Crippen LogP contribution in [0.3, 0.4) is 0 Å². The molecule has 0 saturated heterocycles. The number of carbonyl (C=O) groups excluding carboxylic acids is 2. The molecule has 9 heteroatoms. The number of methoxy groups -OCH3 is 1. The van der Waals surface area contributed by atoms with Crippen LogP contribution in [0.25, 0.3) is 0 Å². The van der Waals surface area contributed by atoms with Gasteiger partial charge in [0.2, 0.25) is 5.91 Å². The summed E-state index contributed by atoms with van der Waals surface area (Å²) in [7, 11) is 1.54. The molecule has 0 aromatic heterocycles. The maximum absolute atomic E-state index is 12.7. The van der Waals surface area contributed by atoms with Crippen LogP contribution in [0, 0.1) is 0 Å². The fraction of sp³-hybridized carbons (Fsp3) is 0.318. The predicted octanol–water partition coefficient (Wildman–Crippen LogP) is 3.55. The van der Waals surface area contributed by atoms with Crippen molar-refractivity contribution in [2.45, 2.75) is 26.7 Å². The molecule has 0 bridgehead atoms. The summed E-state index contributed by atoms with van der Waals surface area (Å²) in [5.74, 6) is -0.605. The van der Waals surface area contributed by atoms with Crippen LogP contribution < -0.4 is 24.8 Å². The average Bonchev–Trinajstić information content (AvgIpc) is 2.75. The van der Waals surface area contributed by atoms with Gasteiger partial charge in [0.25, 0.3) is 5.91 Å². The normalized spacial score (nSPS) is 10.2. The van der Waals surface area contributed by atoms with E-state index < -0.39 is 11.9 Å². The van der Waals surface area contributed by atoms with Crippen molar-refractivity contribution in [3.8, 4) is 17.2 Å². The fourth-order valence-corrected chi connectivity index (χ4v) is 2.68. The van der Waals surface area contributed by atoms with Crippen LogP contribution in [0.1, 0.15) is 37.0 Å². The van der Waals surface area contributed by atoms with Gasteiger partial charge in [0.05, 0.1) is 38.1 Å². The zero-order chi connectivity index (χ0) is 22.8. The molecule has 2 aromatic rings. The van der Waals surface area contributed by atoms with E-state index in [1.165, 1.54) is 6.07 Å². The summed E-state index contributed by atoms with van der Waals surface area (Å²) >= 11 is 0. The van der Waals surface area contributed by atoms with Gasteiger partial charge in [-0.25, -0.2) is 0 Å². The summed E-state index contributed by atoms with van der Waals surface area (Å²) in [4.78, 5) is 35.5. The summed E-state index contributed by atoms with van der Waals surface area (Å²) in [6.45, 7) is 4.21. The molecule has 3 N–H and O–H groups in total. The maximum Gasteiger partial charge on any atom is 0.303 e. The Morgan fingerprint density at radius 1 is 0.871 bits per heavy atom. The first-order valence-corrected chi connectivity index (χ1v) is 9.78. The highest BCUT2D eigenvalue weighted by Crippen LogP contribution is 2.37. The van der Waals surface area contributed by atoms with Crippen LogP contribution in [0.4, 0.5) is 11.4 Å². The van der Waals surface area contributed by atoms with E-state index in [-0.39, 0.29) is 18.7 Å². The van der Waals surface area contributed by atoms with E-state index in [4.69, 9.17) is 19.3 Å². The third kappa shape index (κ3) is 6.91. The monoisotopic (exact) mass is 430 g/mol. The van der Waals surface area contributed by atoms with Crippen molar-refractivity contribution < 1.29 is 33.7 Å². The van der Waals surface area contributed by atoms with Gasteiger partial charge in [-0.1, -0.05) is 0 Å². The molecular formula is C22H26N2O7. The van der Waals surface area contributed by atoms with Crippen molar-refractivity contribution >= 4 is 29.2 Å².